The van der Waals surface area contributed by atoms with Crippen molar-refractivity contribution in [3.8, 4) is 5.75 Å². The van der Waals surface area contributed by atoms with Gasteiger partial charge in [0, 0.05) is 18.7 Å². The quantitative estimate of drug-likeness (QED) is 0.886. The number of hydrogen-bond donors (Lipinski definition) is 1. The van der Waals surface area contributed by atoms with E-state index in [0.717, 1.165) is 5.75 Å². The third kappa shape index (κ3) is 3.01. The Bertz CT molecular complexity index is 414. The lowest BCUT2D eigenvalue weighted by molar-refractivity contribution is 0.0765. The van der Waals surface area contributed by atoms with E-state index in [1.54, 1.807) is 29.2 Å². The molecule has 0 aliphatic carbocycles. The number of nitrogens with zero attached hydrogens (tertiary/aromatic N) is 1. The first-order valence-electron chi connectivity index (χ1n) is 6.30. The van der Waals surface area contributed by atoms with Crippen LogP contribution < -0.4 is 4.74 Å². The SMILES string of the molecule is CC(C)Oc1ccc(C(=O)N2CCC(O)C2)cc1. The van der Waals surface area contributed by atoms with E-state index in [2.05, 4.69) is 0 Å². The molecule has 1 aliphatic rings. The number of hydrogen-bond acceptors (Lipinski definition) is 3. The molecule has 1 fully saturated rings. The van der Waals surface area contributed by atoms with Gasteiger partial charge in [-0.15, -0.1) is 0 Å². The molecule has 1 aliphatic heterocycles. The molecule has 1 unspecified atom stereocenters. The standard InChI is InChI=1S/C14H19NO3/c1-10(2)18-13-5-3-11(4-6-13)14(17)15-8-7-12(16)9-15/h3-6,10,12,16H,7-9H2,1-2H3. The molecule has 1 N–H and O–H groups in total. The van der Waals surface area contributed by atoms with E-state index in [-0.39, 0.29) is 18.1 Å². The predicted octanol–water partition coefficient (Wildman–Crippen LogP) is 1.68. The Balaban J connectivity index is 2.03. The molecule has 98 valence electrons. The zero-order chi connectivity index (χ0) is 13.1. The molecular weight excluding hydrogens is 230 g/mol. The molecule has 0 radical (unpaired) electrons. The van der Waals surface area contributed by atoms with Crippen molar-refractivity contribution in [1.29, 1.82) is 0 Å². The lowest BCUT2D eigenvalue weighted by Gasteiger charge is -2.16. The molecule has 1 aromatic rings. The summed E-state index contributed by atoms with van der Waals surface area (Å²) in [5, 5.41) is 9.42. The van der Waals surface area contributed by atoms with Gasteiger partial charge in [-0.2, -0.15) is 0 Å². The van der Waals surface area contributed by atoms with Crippen LogP contribution in [0.1, 0.15) is 30.6 Å². The lowest BCUT2D eigenvalue weighted by Crippen LogP contribution is -2.29. The second-order valence-corrected chi connectivity index (χ2v) is 4.88. The molecule has 0 spiro atoms. The highest BCUT2D eigenvalue weighted by molar-refractivity contribution is 5.94. The molecule has 1 atom stereocenters. The highest BCUT2D eigenvalue weighted by atomic mass is 16.5. The Hall–Kier alpha value is -1.55. The Morgan fingerprint density at radius 3 is 2.56 bits per heavy atom. The largest absolute Gasteiger partial charge is 0.491 e. The lowest BCUT2D eigenvalue weighted by atomic mass is 10.2. The van der Waals surface area contributed by atoms with E-state index in [1.165, 1.54) is 0 Å². The number of amides is 1. The molecule has 1 aromatic carbocycles. The van der Waals surface area contributed by atoms with Crippen molar-refractivity contribution in [2.24, 2.45) is 0 Å². The van der Waals surface area contributed by atoms with Crippen molar-refractivity contribution in [3.05, 3.63) is 29.8 Å². The fourth-order valence-electron chi connectivity index (χ4n) is 2.06. The van der Waals surface area contributed by atoms with Crippen LogP contribution in [0.4, 0.5) is 0 Å². The van der Waals surface area contributed by atoms with Gasteiger partial charge in [-0.3, -0.25) is 4.79 Å². The molecule has 1 saturated heterocycles. The first kappa shape index (κ1) is 12.9. The number of aliphatic hydroxyl groups excluding tert-OH is 1. The minimum Gasteiger partial charge on any atom is -0.491 e. The highest BCUT2D eigenvalue weighted by Gasteiger charge is 2.25. The Morgan fingerprint density at radius 2 is 2.06 bits per heavy atom. The minimum absolute atomic E-state index is 0.0253. The van der Waals surface area contributed by atoms with E-state index >= 15 is 0 Å². The van der Waals surface area contributed by atoms with Gasteiger partial charge < -0.3 is 14.7 Å². The molecule has 18 heavy (non-hydrogen) atoms. The van der Waals surface area contributed by atoms with Crippen molar-refractivity contribution in [2.45, 2.75) is 32.5 Å². The monoisotopic (exact) mass is 249 g/mol. The molecule has 0 bridgehead atoms. The van der Waals surface area contributed by atoms with E-state index in [4.69, 9.17) is 4.74 Å². The second kappa shape index (κ2) is 5.40. The van der Waals surface area contributed by atoms with Crippen molar-refractivity contribution in [3.63, 3.8) is 0 Å². The van der Waals surface area contributed by atoms with Gasteiger partial charge in [0.25, 0.3) is 5.91 Å². The summed E-state index contributed by atoms with van der Waals surface area (Å²) in [4.78, 5) is 13.8. The molecule has 4 heteroatoms. The van der Waals surface area contributed by atoms with E-state index < -0.39 is 0 Å². The van der Waals surface area contributed by atoms with Gasteiger partial charge in [0.1, 0.15) is 5.75 Å². The van der Waals surface area contributed by atoms with Gasteiger partial charge in [0.2, 0.25) is 0 Å². The van der Waals surface area contributed by atoms with Gasteiger partial charge in [-0.05, 0) is 44.5 Å². The summed E-state index contributed by atoms with van der Waals surface area (Å²) in [6, 6.07) is 7.15. The fourth-order valence-corrected chi connectivity index (χ4v) is 2.06. The molecule has 0 saturated carbocycles. The smallest absolute Gasteiger partial charge is 0.253 e. The molecule has 0 aromatic heterocycles. The van der Waals surface area contributed by atoms with Crippen LogP contribution in [0, 0.1) is 0 Å². The number of likely N-dealkylation sites (tertiary alicyclic amines) is 1. The van der Waals surface area contributed by atoms with Crippen LogP contribution in [0.5, 0.6) is 5.75 Å². The van der Waals surface area contributed by atoms with Gasteiger partial charge in [-0.1, -0.05) is 0 Å². The fraction of sp³-hybridized carbons (Fsp3) is 0.500. The van der Waals surface area contributed by atoms with E-state index in [0.29, 0.717) is 25.1 Å². The molecule has 1 heterocycles. The summed E-state index contributed by atoms with van der Waals surface area (Å²) in [6.07, 6.45) is 0.415. The topological polar surface area (TPSA) is 49.8 Å². The van der Waals surface area contributed by atoms with Crippen LogP contribution in [0.2, 0.25) is 0 Å². The first-order chi connectivity index (χ1) is 8.56. The Labute approximate surface area is 107 Å². The summed E-state index contributed by atoms with van der Waals surface area (Å²) in [7, 11) is 0. The molecular formula is C14H19NO3. The van der Waals surface area contributed by atoms with E-state index in [1.807, 2.05) is 13.8 Å². The van der Waals surface area contributed by atoms with Crippen LogP contribution in [-0.2, 0) is 0 Å². The zero-order valence-electron chi connectivity index (χ0n) is 10.8. The van der Waals surface area contributed by atoms with Crippen molar-refractivity contribution >= 4 is 5.91 Å². The number of ether oxygens (including phenoxy) is 1. The van der Waals surface area contributed by atoms with Crippen LogP contribution in [0.15, 0.2) is 24.3 Å². The maximum atomic E-state index is 12.1. The second-order valence-electron chi connectivity index (χ2n) is 4.88. The maximum Gasteiger partial charge on any atom is 0.253 e. The highest BCUT2D eigenvalue weighted by Crippen LogP contribution is 2.17. The van der Waals surface area contributed by atoms with Crippen LogP contribution in [0.25, 0.3) is 0 Å². The van der Waals surface area contributed by atoms with Gasteiger partial charge in [0.05, 0.1) is 12.2 Å². The van der Waals surface area contributed by atoms with Crippen LogP contribution >= 0.6 is 0 Å². The summed E-state index contributed by atoms with van der Waals surface area (Å²) < 4.78 is 5.53. The van der Waals surface area contributed by atoms with Crippen molar-refractivity contribution in [1.82, 2.24) is 4.90 Å². The number of β-amino-alcohol motifs (C(OH)–C–C–N with tert-alkyl or cyclic N) is 1. The first-order valence-corrected chi connectivity index (χ1v) is 6.30. The van der Waals surface area contributed by atoms with Crippen molar-refractivity contribution in [2.75, 3.05) is 13.1 Å². The third-order valence-corrected chi connectivity index (χ3v) is 2.92. The summed E-state index contributed by atoms with van der Waals surface area (Å²) in [6.45, 7) is 4.99. The van der Waals surface area contributed by atoms with Gasteiger partial charge in [-0.25, -0.2) is 0 Å². The number of aliphatic hydroxyl groups is 1. The van der Waals surface area contributed by atoms with Gasteiger partial charge in [0.15, 0.2) is 0 Å². The number of carbonyl (C=O) groups is 1. The molecule has 4 nitrogen and oxygen atoms in total. The average Bonchev–Trinajstić information content (AvgIpc) is 2.75. The number of carbonyl (C=O) groups excluding carboxylic acids is 1. The summed E-state index contributed by atoms with van der Waals surface area (Å²) in [5.41, 5.74) is 0.639. The van der Waals surface area contributed by atoms with Crippen LogP contribution in [-0.4, -0.2) is 41.2 Å². The van der Waals surface area contributed by atoms with Crippen LogP contribution in [0.3, 0.4) is 0 Å². The number of benzene rings is 1. The predicted molar refractivity (Wildman–Crippen MR) is 68.7 cm³/mol. The molecule has 2 rings (SSSR count). The summed E-state index contributed by atoms with van der Waals surface area (Å²) in [5.74, 6) is 0.741. The van der Waals surface area contributed by atoms with E-state index in [9.17, 15) is 9.90 Å². The molecule has 1 amide bonds. The van der Waals surface area contributed by atoms with Gasteiger partial charge >= 0.3 is 0 Å². The van der Waals surface area contributed by atoms with Crippen molar-refractivity contribution < 1.29 is 14.6 Å². The number of rotatable bonds is 3. The normalized spacial score (nSPS) is 19.3. The third-order valence-electron chi connectivity index (χ3n) is 2.92. The maximum absolute atomic E-state index is 12.1. The average molecular weight is 249 g/mol. The Morgan fingerprint density at radius 1 is 1.39 bits per heavy atom. The minimum atomic E-state index is -0.377. The zero-order valence-corrected chi connectivity index (χ0v) is 10.8. The Kier molecular flexibility index (Phi) is 3.87. The summed E-state index contributed by atoms with van der Waals surface area (Å²) >= 11 is 0.